The lowest BCUT2D eigenvalue weighted by atomic mass is 9.81. The Bertz CT molecular complexity index is 399. The minimum absolute atomic E-state index is 0.0655. The molecule has 1 aromatic heterocycles. The maximum absolute atomic E-state index is 11.8. The third-order valence-corrected chi connectivity index (χ3v) is 3.27. The summed E-state index contributed by atoms with van der Waals surface area (Å²) < 4.78 is 0. The molecule has 0 bridgehead atoms. The van der Waals surface area contributed by atoms with Crippen molar-refractivity contribution in [2.45, 2.75) is 27.7 Å². The predicted molar refractivity (Wildman–Crippen MR) is 69.6 cm³/mol. The Morgan fingerprint density at radius 2 is 2.12 bits per heavy atom. The molecule has 1 rings (SSSR count). The van der Waals surface area contributed by atoms with Gasteiger partial charge in [0.2, 0.25) is 0 Å². The van der Waals surface area contributed by atoms with E-state index in [2.05, 4.69) is 38.0 Å². The highest BCUT2D eigenvalue weighted by Crippen LogP contribution is 2.24. The molecule has 0 aliphatic carbocycles. The van der Waals surface area contributed by atoms with Gasteiger partial charge in [-0.05, 0) is 23.5 Å². The Balaban J connectivity index is 2.62. The van der Waals surface area contributed by atoms with E-state index < -0.39 is 0 Å². The highest BCUT2D eigenvalue weighted by atomic mass is 16.1. The maximum atomic E-state index is 11.8. The van der Waals surface area contributed by atoms with E-state index in [1.807, 2.05) is 0 Å². The number of hydrogen-bond acceptors (Lipinski definition) is 3. The summed E-state index contributed by atoms with van der Waals surface area (Å²) >= 11 is 0. The van der Waals surface area contributed by atoms with Crippen molar-refractivity contribution < 1.29 is 4.79 Å². The molecule has 94 valence electrons. The Hall–Kier alpha value is -1.58. The number of carbonyl (C=O) groups excluding carboxylic acids is 1. The second-order valence-corrected chi connectivity index (χ2v) is 5.27. The summed E-state index contributed by atoms with van der Waals surface area (Å²) in [5.74, 6) is 0.684. The van der Waals surface area contributed by atoms with E-state index >= 15 is 0 Å². The van der Waals surface area contributed by atoms with Crippen molar-refractivity contribution in [3.63, 3.8) is 0 Å². The van der Waals surface area contributed by atoms with Gasteiger partial charge in [-0.25, -0.2) is 4.98 Å². The summed E-state index contributed by atoms with van der Waals surface area (Å²) in [5.41, 5.74) is 5.97. The van der Waals surface area contributed by atoms with Gasteiger partial charge in [-0.2, -0.15) is 0 Å². The number of rotatable bonds is 4. The van der Waals surface area contributed by atoms with E-state index in [9.17, 15) is 4.79 Å². The molecule has 0 saturated carbocycles. The van der Waals surface area contributed by atoms with Crippen molar-refractivity contribution in [3.8, 4) is 0 Å². The average Bonchev–Trinajstić information content (AvgIpc) is 2.25. The van der Waals surface area contributed by atoms with Gasteiger partial charge in [0.05, 0.1) is 0 Å². The van der Waals surface area contributed by atoms with Gasteiger partial charge in [0.25, 0.3) is 5.91 Å². The molecule has 0 fully saturated rings. The highest BCUT2D eigenvalue weighted by molar-refractivity contribution is 5.92. The van der Waals surface area contributed by atoms with Crippen LogP contribution < -0.4 is 11.1 Å². The first kappa shape index (κ1) is 13.5. The fraction of sp³-hybridized carbons (Fsp3) is 0.538. The molecule has 1 heterocycles. The standard InChI is InChI=1S/C13H21N3O/c1-9(2)13(3,4)8-15-12(17)10-6-5-7-11(14)16-10/h5-7,9H,8H2,1-4H3,(H2,14,16)(H,15,17). The number of amides is 1. The highest BCUT2D eigenvalue weighted by Gasteiger charge is 2.23. The summed E-state index contributed by atoms with van der Waals surface area (Å²) in [4.78, 5) is 15.8. The number of aromatic nitrogens is 1. The number of anilines is 1. The second-order valence-electron chi connectivity index (χ2n) is 5.27. The fourth-order valence-corrected chi connectivity index (χ4v) is 1.18. The smallest absolute Gasteiger partial charge is 0.269 e. The van der Waals surface area contributed by atoms with Gasteiger partial charge in [-0.3, -0.25) is 4.79 Å². The first-order valence-corrected chi connectivity index (χ1v) is 5.83. The van der Waals surface area contributed by atoms with Gasteiger partial charge >= 0.3 is 0 Å². The Morgan fingerprint density at radius 3 is 2.65 bits per heavy atom. The molecule has 1 aromatic rings. The molecular weight excluding hydrogens is 214 g/mol. The van der Waals surface area contributed by atoms with Crippen LogP contribution in [0.3, 0.4) is 0 Å². The zero-order valence-electron chi connectivity index (χ0n) is 10.9. The van der Waals surface area contributed by atoms with E-state index in [0.29, 0.717) is 24.0 Å². The Morgan fingerprint density at radius 1 is 1.47 bits per heavy atom. The van der Waals surface area contributed by atoms with Crippen LogP contribution in [-0.2, 0) is 0 Å². The number of nitrogens with zero attached hydrogens (tertiary/aromatic N) is 1. The van der Waals surface area contributed by atoms with E-state index in [1.165, 1.54) is 0 Å². The van der Waals surface area contributed by atoms with Crippen LogP contribution in [0.1, 0.15) is 38.2 Å². The largest absolute Gasteiger partial charge is 0.384 e. The number of nitrogens with one attached hydrogen (secondary N) is 1. The Kier molecular flexibility index (Phi) is 4.10. The number of nitrogen functional groups attached to an aromatic ring is 1. The van der Waals surface area contributed by atoms with Crippen LogP contribution in [0.5, 0.6) is 0 Å². The summed E-state index contributed by atoms with van der Waals surface area (Å²) in [6.07, 6.45) is 0. The lowest BCUT2D eigenvalue weighted by molar-refractivity contribution is 0.0920. The number of carbonyl (C=O) groups is 1. The molecule has 0 unspecified atom stereocenters. The minimum atomic E-state index is -0.175. The van der Waals surface area contributed by atoms with Crippen molar-refractivity contribution >= 4 is 11.7 Å². The number of nitrogens with two attached hydrogens (primary N) is 1. The third kappa shape index (κ3) is 3.73. The van der Waals surface area contributed by atoms with Crippen LogP contribution >= 0.6 is 0 Å². The molecule has 17 heavy (non-hydrogen) atoms. The number of pyridine rings is 1. The molecule has 0 aliphatic rings. The van der Waals surface area contributed by atoms with Crippen LogP contribution in [0.15, 0.2) is 18.2 Å². The average molecular weight is 235 g/mol. The van der Waals surface area contributed by atoms with E-state index in [4.69, 9.17) is 5.73 Å². The molecule has 0 saturated heterocycles. The van der Waals surface area contributed by atoms with Crippen molar-refractivity contribution in [1.29, 1.82) is 0 Å². The van der Waals surface area contributed by atoms with Gasteiger partial charge in [0.15, 0.2) is 0 Å². The topological polar surface area (TPSA) is 68.0 Å². The molecule has 0 aliphatic heterocycles. The summed E-state index contributed by atoms with van der Waals surface area (Å²) in [5, 5.41) is 2.89. The zero-order chi connectivity index (χ0) is 13.1. The molecule has 0 aromatic carbocycles. The van der Waals surface area contributed by atoms with Crippen LogP contribution in [-0.4, -0.2) is 17.4 Å². The first-order valence-electron chi connectivity index (χ1n) is 5.83. The zero-order valence-corrected chi connectivity index (χ0v) is 10.9. The monoisotopic (exact) mass is 235 g/mol. The Labute approximate surface area is 103 Å². The van der Waals surface area contributed by atoms with Crippen LogP contribution in [0.4, 0.5) is 5.82 Å². The second kappa shape index (κ2) is 5.17. The van der Waals surface area contributed by atoms with E-state index in [1.54, 1.807) is 18.2 Å². The van der Waals surface area contributed by atoms with Crippen LogP contribution in [0.2, 0.25) is 0 Å². The van der Waals surface area contributed by atoms with Gasteiger partial charge < -0.3 is 11.1 Å². The van der Waals surface area contributed by atoms with Gasteiger partial charge in [-0.15, -0.1) is 0 Å². The molecule has 0 spiro atoms. The predicted octanol–water partition coefficient (Wildman–Crippen LogP) is 2.08. The molecular formula is C13H21N3O. The molecule has 1 amide bonds. The van der Waals surface area contributed by atoms with Crippen molar-refractivity contribution in [3.05, 3.63) is 23.9 Å². The summed E-state index contributed by atoms with van der Waals surface area (Å²) in [6, 6.07) is 5.05. The molecule has 4 heteroatoms. The van der Waals surface area contributed by atoms with E-state index in [-0.39, 0.29) is 11.3 Å². The quantitative estimate of drug-likeness (QED) is 0.839. The normalized spacial score (nSPS) is 11.6. The number of hydrogen-bond donors (Lipinski definition) is 2. The molecule has 0 radical (unpaired) electrons. The van der Waals surface area contributed by atoms with Gasteiger partial charge in [0, 0.05) is 6.54 Å². The SMILES string of the molecule is CC(C)C(C)(C)CNC(=O)c1cccc(N)n1. The van der Waals surface area contributed by atoms with Crippen molar-refractivity contribution in [2.24, 2.45) is 11.3 Å². The van der Waals surface area contributed by atoms with Crippen LogP contribution in [0, 0.1) is 11.3 Å². The van der Waals surface area contributed by atoms with Crippen LogP contribution in [0.25, 0.3) is 0 Å². The molecule has 4 nitrogen and oxygen atoms in total. The lowest BCUT2D eigenvalue weighted by Crippen LogP contribution is -2.37. The fourth-order valence-electron chi connectivity index (χ4n) is 1.18. The minimum Gasteiger partial charge on any atom is -0.384 e. The summed E-state index contributed by atoms with van der Waals surface area (Å²) in [7, 11) is 0. The third-order valence-electron chi connectivity index (χ3n) is 3.27. The van der Waals surface area contributed by atoms with Gasteiger partial charge in [-0.1, -0.05) is 33.8 Å². The maximum Gasteiger partial charge on any atom is 0.269 e. The van der Waals surface area contributed by atoms with Gasteiger partial charge in [0.1, 0.15) is 11.5 Å². The lowest BCUT2D eigenvalue weighted by Gasteiger charge is -2.29. The first-order chi connectivity index (χ1) is 7.83. The van der Waals surface area contributed by atoms with Crippen molar-refractivity contribution in [1.82, 2.24) is 10.3 Å². The van der Waals surface area contributed by atoms with Crippen molar-refractivity contribution in [2.75, 3.05) is 12.3 Å². The van der Waals surface area contributed by atoms with E-state index in [0.717, 1.165) is 0 Å². The summed E-state index contributed by atoms with van der Waals surface area (Å²) in [6.45, 7) is 9.17. The molecule has 0 atom stereocenters. The molecule has 3 N–H and O–H groups in total.